The standard InChI is InChI=1S/C24H26O4/c1-17(25)23(26)24(18-7-5-4-6-8-18,19-9-13-21(27-2)14-10-19)20-11-15-22(28-3)16-12-20/h4-17,23,25-26H,1-3H3. The molecule has 4 nitrogen and oxygen atoms in total. The Morgan fingerprint density at radius 2 is 1.04 bits per heavy atom. The van der Waals surface area contributed by atoms with E-state index < -0.39 is 17.6 Å². The summed E-state index contributed by atoms with van der Waals surface area (Å²) < 4.78 is 10.6. The van der Waals surface area contributed by atoms with E-state index >= 15 is 0 Å². The highest BCUT2D eigenvalue weighted by atomic mass is 16.5. The van der Waals surface area contributed by atoms with Crippen molar-refractivity contribution in [3.63, 3.8) is 0 Å². The van der Waals surface area contributed by atoms with E-state index in [1.54, 1.807) is 21.1 Å². The fourth-order valence-corrected chi connectivity index (χ4v) is 3.78. The second-order valence-corrected chi connectivity index (χ2v) is 6.82. The summed E-state index contributed by atoms with van der Waals surface area (Å²) in [6.07, 6.45) is -2.03. The third-order valence-corrected chi connectivity index (χ3v) is 5.22. The van der Waals surface area contributed by atoms with E-state index in [1.807, 2.05) is 78.9 Å². The maximum absolute atomic E-state index is 11.3. The van der Waals surface area contributed by atoms with Gasteiger partial charge >= 0.3 is 0 Å². The fraction of sp³-hybridized carbons (Fsp3) is 0.250. The fourth-order valence-electron chi connectivity index (χ4n) is 3.78. The second kappa shape index (κ2) is 8.46. The van der Waals surface area contributed by atoms with Gasteiger partial charge in [0.25, 0.3) is 0 Å². The molecule has 0 spiro atoms. The highest BCUT2D eigenvalue weighted by Crippen LogP contribution is 2.44. The summed E-state index contributed by atoms with van der Waals surface area (Å²) in [5.41, 5.74) is 1.64. The molecule has 3 rings (SSSR count). The third-order valence-electron chi connectivity index (χ3n) is 5.22. The lowest BCUT2D eigenvalue weighted by Crippen LogP contribution is -2.47. The smallest absolute Gasteiger partial charge is 0.118 e. The molecule has 146 valence electrons. The van der Waals surface area contributed by atoms with Gasteiger partial charge in [0.05, 0.1) is 31.8 Å². The van der Waals surface area contributed by atoms with E-state index in [0.717, 1.165) is 28.2 Å². The van der Waals surface area contributed by atoms with E-state index in [9.17, 15) is 10.2 Å². The lowest BCUT2D eigenvalue weighted by molar-refractivity contribution is 0.000414. The third kappa shape index (κ3) is 3.49. The van der Waals surface area contributed by atoms with Crippen LogP contribution in [0, 0.1) is 0 Å². The van der Waals surface area contributed by atoms with Crippen LogP contribution in [0.4, 0.5) is 0 Å². The summed E-state index contributed by atoms with van der Waals surface area (Å²) in [6.45, 7) is 1.61. The molecule has 0 aromatic heterocycles. The van der Waals surface area contributed by atoms with Crippen molar-refractivity contribution in [3.05, 3.63) is 95.6 Å². The summed E-state index contributed by atoms with van der Waals surface area (Å²) in [7, 11) is 3.24. The van der Waals surface area contributed by atoms with Crippen molar-refractivity contribution < 1.29 is 19.7 Å². The molecule has 0 radical (unpaired) electrons. The highest BCUT2D eigenvalue weighted by Gasteiger charge is 2.45. The summed E-state index contributed by atoms with van der Waals surface area (Å²) >= 11 is 0. The van der Waals surface area contributed by atoms with Crippen LogP contribution in [0.2, 0.25) is 0 Å². The largest absolute Gasteiger partial charge is 0.497 e. The second-order valence-electron chi connectivity index (χ2n) is 6.82. The van der Waals surface area contributed by atoms with Crippen LogP contribution in [0.25, 0.3) is 0 Å². The molecule has 0 saturated carbocycles. The topological polar surface area (TPSA) is 58.9 Å². The Hall–Kier alpha value is -2.82. The lowest BCUT2D eigenvalue weighted by Gasteiger charge is -2.41. The van der Waals surface area contributed by atoms with Gasteiger partial charge in [-0.25, -0.2) is 0 Å². The number of aliphatic hydroxyl groups is 2. The van der Waals surface area contributed by atoms with Crippen LogP contribution in [-0.2, 0) is 5.41 Å². The number of aliphatic hydroxyl groups excluding tert-OH is 2. The highest BCUT2D eigenvalue weighted by molar-refractivity contribution is 5.54. The first-order chi connectivity index (χ1) is 13.5. The Bertz CT molecular complexity index is 823. The maximum atomic E-state index is 11.3. The molecule has 2 atom stereocenters. The first-order valence-electron chi connectivity index (χ1n) is 9.24. The number of benzene rings is 3. The molecule has 2 unspecified atom stereocenters. The summed E-state index contributed by atoms with van der Waals surface area (Å²) in [6, 6.07) is 24.9. The molecule has 28 heavy (non-hydrogen) atoms. The predicted molar refractivity (Wildman–Crippen MR) is 110 cm³/mol. The molecule has 0 heterocycles. The molecule has 0 amide bonds. The minimum absolute atomic E-state index is 0.729. The van der Waals surface area contributed by atoms with Crippen molar-refractivity contribution in [1.29, 1.82) is 0 Å². The molecular formula is C24H26O4. The Morgan fingerprint density at radius 3 is 1.39 bits per heavy atom. The zero-order chi connectivity index (χ0) is 20.1. The average molecular weight is 378 g/mol. The molecule has 3 aromatic rings. The van der Waals surface area contributed by atoms with E-state index in [1.165, 1.54) is 0 Å². The minimum atomic E-state index is -1.07. The van der Waals surface area contributed by atoms with E-state index in [2.05, 4.69) is 0 Å². The van der Waals surface area contributed by atoms with Crippen LogP contribution in [0.1, 0.15) is 23.6 Å². The monoisotopic (exact) mass is 378 g/mol. The van der Waals surface area contributed by atoms with E-state index in [4.69, 9.17) is 9.47 Å². The lowest BCUT2D eigenvalue weighted by atomic mass is 9.64. The van der Waals surface area contributed by atoms with Crippen molar-refractivity contribution >= 4 is 0 Å². The van der Waals surface area contributed by atoms with Crippen LogP contribution < -0.4 is 9.47 Å². The maximum Gasteiger partial charge on any atom is 0.118 e. The van der Waals surface area contributed by atoms with Crippen LogP contribution >= 0.6 is 0 Å². The molecule has 0 fully saturated rings. The Morgan fingerprint density at radius 1 is 0.643 bits per heavy atom. The molecule has 3 aromatic carbocycles. The number of ether oxygens (including phenoxy) is 2. The quantitative estimate of drug-likeness (QED) is 0.615. The van der Waals surface area contributed by atoms with Gasteiger partial charge in [-0.15, -0.1) is 0 Å². The van der Waals surface area contributed by atoms with Crippen molar-refractivity contribution in [2.75, 3.05) is 14.2 Å². The van der Waals surface area contributed by atoms with E-state index in [0.29, 0.717) is 0 Å². The van der Waals surface area contributed by atoms with Gasteiger partial charge in [-0.3, -0.25) is 0 Å². The van der Waals surface area contributed by atoms with Gasteiger partial charge in [0.15, 0.2) is 0 Å². The SMILES string of the molecule is COc1ccc(C(c2ccccc2)(c2ccc(OC)cc2)C(O)C(C)O)cc1. The molecule has 2 N–H and O–H groups in total. The summed E-state index contributed by atoms with van der Waals surface area (Å²) in [5.74, 6) is 1.46. The van der Waals surface area contributed by atoms with Crippen LogP contribution in [0.15, 0.2) is 78.9 Å². The molecule has 0 saturated heterocycles. The molecular weight excluding hydrogens is 352 g/mol. The number of hydrogen-bond donors (Lipinski definition) is 2. The number of methoxy groups -OCH3 is 2. The molecule has 0 aliphatic carbocycles. The van der Waals surface area contributed by atoms with Gasteiger partial charge in [-0.1, -0.05) is 54.6 Å². The predicted octanol–water partition coefficient (Wildman–Crippen LogP) is 3.78. The van der Waals surface area contributed by atoms with Gasteiger partial charge in [-0.2, -0.15) is 0 Å². The minimum Gasteiger partial charge on any atom is -0.497 e. The van der Waals surface area contributed by atoms with Gasteiger partial charge in [0.2, 0.25) is 0 Å². The molecule has 0 aliphatic rings. The van der Waals surface area contributed by atoms with Crippen molar-refractivity contribution in [1.82, 2.24) is 0 Å². The Kier molecular flexibility index (Phi) is 6.02. The van der Waals surface area contributed by atoms with Crippen LogP contribution in [-0.4, -0.2) is 36.6 Å². The normalized spacial score (nSPS) is 13.6. The van der Waals surface area contributed by atoms with Gasteiger partial charge < -0.3 is 19.7 Å². The molecule has 0 aliphatic heterocycles. The molecule has 0 bridgehead atoms. The van der Waals surface area contributed by atoms with E-state index in [-0.39, 0.29) is 0 Å². The number of hydrogen-bond acceptors (Lipinski definition) is 4. The molecule has 4 heteroatoms. The van der Waals surface area contributed by atoms with Gasteiger partial charge in [-0.05, 0) is 47.9 Å². The van der Waals surface area contributed by atoms with Crippen molar-refractivity contribution in [2.45, 2.75) is 24.5 Å². The summed E-state index contributed by atoms with van der Waals surface area (Å²) in [5, 5.41) is 21.8. The van der Waals surface area contributed by atoms with Gasteiger partial charge in [0.1, 0.15) is 11.5 Å². The Balaban J connectivity index is 2.33. The first-order valence-corrected chi connectivity index (χ1v) is 9.24. The van der Waals surface area contributed by atoms with Crippen molar-refractivity contribution in [2.24, 2.45) is 0 Å². The zero-order valence-electron chi connectivity index (χ0n) is 16.4. The number of rotatable bonds is 7. The first kappa shape index (κ1) is 19.9. The van der Waals surface area contributed by atoms with Crippen molar-refractivity contribution in [3.8, 4) is 11.5 Å². The Labute approximate surface area is 166 Å². The summed E-state index contributed by atoms with van der Waals surface area (Å²) in [4.78, 5) is 0. The van der Waals surface area contributed by atoms with Crippen LogP contribution in [0.3, 0.4) is 0 Å². The zero-order valence-corrected chi connectivity index (χ0v) is 16.4. The van der Waals surface area contributed by atoms with Crippen LogP contribution in [0.5, 0.6) is 11.5 Å². The average Bonchev–Trinajstić information content (AvgIpc) is 2.75. The van der Waals surface area contributed by atoms with Gasteiger partial charge in [0, 0.05) is 0 Å².